The van der Waals surface area contributed by atoms with Crippen molar-refractivity contribution < 1.29 is 14.4 Å². The summed E-state index contributed by atoms with van der Waals surface area (Å²) in [6.45, 7) is 8.32. The summed E-state index contributed by atoms with van der Waals surface area (Å²) < 4.78 is 0. The van der Waals surface area contributed by atoms with Crippen LogP contribution in [-0.4, -0.2) is 17.3 Å². The molecule has 252 valence electrons. The lowest BCUT2D eigenvalue weighted by molar-refractivity contribution is -0.164. The molecule has 4 aliphatic carbocycles. The molecule has 4 rings (SSSR count). The van der Waals surface area contributed by atoms with E-state index >= 15 is 4.79 Å². The van der Waals surface area contributed by atoms with Gasteiger partial charge in [0.25, 0.3) is 0 Å². The number of Topliss-reactive ketones (excluding diaryl/α,β-unsaturated/α-hetero) is 3. The van der Waals surface area contributed by atoms with Crippen LogP contribution in [0.4, 0.5) is 0 Å². The molecule has 0 saturated heterocycles. The Bertz CT molecular complexity index is 787. The number of rotatable bonds is 16. The van der Waals surface area contributed by atoms with E-state index in [0.29, 0.717) is 53.9 Å². The van der Waals surface area contributed by atoms with E-state index in [1.54, 1.807) is 0 Å². The molecule has 0 heterocycles. The SMILES string of the molecule is CCC(=O)C(C)CCC(C(=O)C(CCC(C)C(=O)CC)(C1CCCCC1)C1CCCCC1)(C1CCCCC1)C1CCCCC1. The summed E-state index contributed by atoms with van der Waals surface area (Å²) in [5, 5.41) is 0. The molecule has 2 unspecified atom stereocenters. The molecule has 0 amide bonds. The van der Waals surface area contributed by atoms with Crippen LogP contribution in [0.15, 0.2) is 0 Å². The van der Waals surface area contributed by atoms with Gasteiger partial charge in [-0.25, -0.2) is 0 Å². The Labute approximate surface area is 272 Å². The van der Waals surface area contributed by atoms with Crippen LogP contribution in [-0.2, 0) is 14.4 Å². The standard InChI is InChI=1S/C41H70O3/c1-5-37(42)31(3)27-29-40(33-19-11-7-12-20-33,34-21-13-8-14-22-34)39(44)41(35-23-15-9-16-24-35,36-25-17-10-18-26-36)30-28-32(4)38(43)6-2/h31-36H,5-30H2,1-4H3. The Kier molecular flexibility index (Phi) is 14.1. The Morgan fingerprint density at radius 3 is 0.955 bits per heavy atom. The molecule has 0 aliphatic heterocycles. The first kappa shape index (κ1) is 35.9. The van der Waals surface area contributed by atoms with E-state index in [1.807, 2.05) is 13.8 Å². The zero-order chi connectivity index (χ0) is 31.6. The first-order valence-corrected chi connectivity index (χ1v) is 19.9. The molecule has 0 N–H and O–H groups in total. The van der Waals surface area contributed by atoms with Crippen molar-refractivity contribution in [3.05, 3.63) is 0 Å². The van der Waals surface area contributed by atoms with Gasteiger partial charge in [-0.3, -0.25) is 14.4 Å². The predicted molar refractivity (Wildman–Crippen MR) is 184 cm³/mol. The van der Waals surface area contributed by atoms with Crippen LogP contribution in [0.3, 0.4) is 0 Å². The minimum absolute atomic E-state index is 0.0420. The van der Waals surface area contributed by atoms with Gasteiger partial charge in [0.1, 0.15) is 17.3 Å². The van der Waals surface area contributed by atoms with Gasteiger partial charge in [0.05, 0.1) is 0 Å². The first-order valence-electron chi connectivity index (χ1n) is 19.9. The first-order chi connectivity index (χ1) is 21.3. The number of carbonyl (C=O) groups excluding carboxylic acids is 3. The molecule has 0 spiro atoms. The molecule has 0 radical (unpaired) electrons. The highest BCUT2D eigenvalue weighted by Gasteiger charge is 2.61. The average Bonchev–Trinajstić information content (AvgIpc) is 3.09. The smallest absolute Gasteiger partial charge is 0.146 e. The van der Waals surface area contributed by atoms with E-state index in [2.05, 4.69) is 13.8 Å². The van der Waals surface area contributed by atoms with E-state index in [4.69, 9.17) is 0 Å². The fraction of sp³-hybridized carbons (Fsp3) is 0.927. The number of hydrogen-bond acceptors (Lipinski definition) is 3. The van der Waals surface area contributed by atoms with Gasteiger partial charge in [-0.05, 0) is 101 Å². The highest BCUT2D eigenvalue weighted by Crippen LogP contribution is 2.62. The van der Waals surface area contributed by atoms with Gasteiger partial charge in [-0.15, -0.1) is 0 Å². The van der Waals surface area contributed by atoms with Gasteiger partial charge >= 0.3 is 0 Å². The zero-order valence-corrected chi connectivity index (χ0v) is 29.6. The van der Waals surface area contributed by atoms with Crippen molar-refractivity contribution in [2.24, 2.45) is 46.3 Å². The van der Waals surface area contributed by atoms with Crippen molar-refractivity contribution in [1.29, 1.82) is 0 Å². The summed E-state index contributed by atoms with van der Waals surface area (Å²) >= 11 is 0. The number of ketones is 3. The molecule has 3 heteroatoms. The van der Waals surface area contributed by atoms with Gasteiger partial charge in [0.15, 0.2) is 0 Å². The quantitative estimate of drug-likeness (QED) is 0.175. The van der Waals surface area contributed by atoms with Crippen LogP contribution >= 0.6 is 0 Å². The van der Waals surface area contributed by atoms with E-state index in [1.165, 1.54) is 128 Å². The molecule has 0 aromatic carbocycles. The molecule has 0 bridgehead atoms. The Morgan fingerprint density at radius 1 is 0.477 bits per heavy atom. The van der Waals surface area contributed by atoms with Crippen LogP contribution in [0.5, 0.6) is 0 Å². The second kappa shape index (κ2) is 17.2. The molecular formula is C41H70O3. The molecule has 44 heavy (non-hydrogen) atoms. The molecular weight excluding hydrogens is 540 g/mol. The zero-order valence-electron chi connectivity index (χ0n) is 29.6. The lowest BCUT2D eigenvalue weighted by Crippen LogP contribution is -2.58. The highest BCUT2D eigenvalue weighted by molar-refractivity contribution is 5.92. The van der Waals surface area contributed by atoms with Crippen molar-refractivity contribution in [2.45, 2.75) is 195 Å². The van der Waals surface area contributed by atoms with Gasteiger partial charge < -0.3 is 0 Å². The fourth-order valence-corrected chi connectivity index (χ4v) is 11.3. The summed E-state index contributed by atoms with van der Waals surface area (Å²) in [7, 11) is 0. The average molecular weight is 611 g/mol. The maximum Gasteiger partial charge on any atom is 0.146 e. The van der Waals surface area contributed by atoms with Crippen LogP contribution in [0.2, 0.25) is 0 Å². The Hall–Kier alpha value is -0.990. The normalized spacial score (nSPS) is 23.7. The summed E-state index contributed by atoms with van der Waals surface area (Å²) in [5.41, 5.74) is -0.591. The fourth-order valence-electron chi connectivity index (χ4n) is 11.3. The third-order valence-corrected chi connectivity index (χ3v) is 14.0. The van der Waals surface area contributed by atoms with E-state index in [0.717, 1.165) is 25.7 Å². The lowest BCUT2D eigenvalue weighted by Gasteiger charge is -2.57. The number of hydrogen-bond donors (Lipinski definition) is 0. The van der Waals surface area contributed by atoms with E-state index < -0.39 is 0 Å². The molecule has 0 aromatic heterocycles. The van der Waals surface area contributed by atoms with Gasteiger partial charge in [0, 0.05) is 35.5 Å². The molecule has 4 saturated carbocycles. The second-order valence-electron chi connectivity index (χ2n) is 16.3. The molecule has 2 atom stereocenters. The minimum Gasteiger partial charge on any atom is -0.299 e. The van der Waals surface area contributed by atoms with E-state index in [9.17, 15) is 9.59 Å². The largest absolute Gasteiger partial charge is 0.299 e. The molecule has 4 fully saturated rings. The molecule has 0 aromatic rings. The van der Waals surface area contributed by atoms with E-state index in [-0.39, 0.29) is 22.7 Å². The highest BCUT2D eigenvalue weighted by atomic mass is 16.1. The topological polar surface area (TPSA) is 51.2 Å². The van der Waals surface area contributed by atoms with Crippen molar-refractivity contribution in [1.82, 2.24) is 0 Å². The Morgan fingerprint density at radius 2 is 0.727 bits per heavy atom. The van der Waals surface area contributed by atoms with Crippen LogP contribution in [0.1, 0.15) is 195 Å². The van der Waals surface area contributed by atoms with Crippen molar-refractivity contribution in [3.63, 3.8) is 0 Å². The molecule has 4 aliphatic rings. The van der Waals surface area contributed by atoms with Gasteiger partial charge in [-0.1, -0.05) is 105 Å². The Balaban J connectivity index is 1.88. The van der Waals surface area contributed by atoms with Crippen LogP contribution < -0.4 is 0 Å². The van der Waals surface area contributed by atoms with Crippen molar-refractivity contribution >= 4 is 17.3 Å². The summed E-state index contributed by atoms with van der Waals surface area (Å²) in [5.74, 6) is 3.39. The predicted octanol–water partition coefficient (Wildman–Crippen LogP) is 11.6. The summed E-state index contributed by atoms with van der Waals surface area (Å²) in [6.07, 6.45) is 29.8. The third kappa shape index (κ3) is 7.93. The summed E-state index contributed by atoms with van der Waals surface area (Å²) in [6, 6.07) is 0. The van der Waals surface area contributed by atoms with Gasteiger partial charge in [-0.2, -0.15) is 0 Å². The minimum atomic E-state index is -0.296. The summed E-state index contributed by atoms with van der Waals surface area (Å²) in [4.78, 5) is 42.6. The maximum absolute atomic E-state index is 16.6. The van der Waals surface area contributed by atoms with Crippen molar-refractivity contribution in [3.8, 4) is 0 Å². The van der Waals surface area contributed by atoms with Crippen LogP contribution in [0.25, 0.3) is 0 Å². The van der Waals surface area contributed by atoms with Crippen molar-refractivity contribution in [2.75, 3.05) is 0 Å². The molecule has 3 nitrogen and oxygen atoms in total. The monoisotopic (exact) mass is 611 g/mol. The lowest BCUT2D eigenvalue weighted by atomic mass is 9.45. The second-order valence-corrected chi connectivity index (χ2v) is 16.3. The third-order valence-electron chi connectivity index (χ3n) is 14.0. The number of carbonyl (C=O) groups is 3. The maximum atomic E-state index is 16.6. The van der Waals surface area contributed by atoms with Crippen LogP contribution in [0, 0.1) is 46.3 Å². The van der Waals surface area contributed by atoms with Gasteiger partial charge in [0.2, 0.25) is 0 Å².